The number of fused-ring (bicyclic) bond motifs is 5. The molecule has 0 saturated carbocycles. The first-order valence-corrected chi connectivity index (χ1v) is 9.85. The van der Waals surface area contributed by atoms with Gasteiger partial charge in [0.25, 0.3) is 5.56 Å². The SMILES string of the molecule is COc1ccc2nnc(CCC(=O)N3CC4CC(C3)c3cccc(=O)n3C4)n2n1. The summed E-state index contributed by atoms with van der Waals surface area (Å²) in [7, 11) is 1.56. The second-order valence-corrected chi connectivity index (χ2v) is 7.76. The third-order valence-corrected chi connectivity index (χ3v) is 5.91. The topological polar surface area (TPSA) is 94.6 Å². The van der Waals surface area contributed by atoms with Crippen LogP contribution in [-0.2, 0) is 17.8 Å². The number of methoxy groups -OCH3 is 1. The molecular formula is C20H22N6O3. The Morgan fingerprint density at radius 1 is 1.17 bits per heavy atom. The molecule has 29 heavy (non-hydrogen) atoms. The maximum Gasteiger partial charge on any atom is 0.250 e. The third kappa shape index (κ3) is 3.16. The van der Waals surface area contributed by atoms with E-state index in [1.807, 2.05) is 21.6 Å². The van der Waals surface area contributed by atoms with Crippen molar-refractivity contribution in [3.63, 3.8) is 0 Å². The van der Waals surface area contributed by atoms with Crippen molar-refractivity contribution >= 4 is 11.6 Å². The number of likely N-dealkylation sites (tertiary alicyclic amines) is 1. The summed E-state index contributed by atoms with van der Waals surface area (Å²) in [4.78, 5) is 27.0. The summed E-state index contributed by atoms with van der Waals surface area (Å²) in [5.74, 6) is 1.76. The van der Waals surface area contributed by atoms with Crippen LogP contribution in [0.2, 0.25) is 0 Å². The van der Waals surface area contributed by atoms with Crippen LogP contribution in [0, 0.1) is 5.92 Å². The van der Waals surface area contributed by atoms with Gasteiger partial charge in [-0.3, -0.25) is 9.59 Å². The summed E-state index contributed by atoms with van der Waals surface area (Å²) in [6.45, 7) is 2.04. The van der Waals surface area contributed by atoms with E-state index in [-0.39, 0.29) is 17.4 Å². The van der Waals surface area contributed by atoms with Crippen LogP contribution in [0.4, 0.5) is 0 Å². The molecule has 5 heterocycles. The molecule has 1 amide bonds. The molecule has 1 fully saturated rings. The minimum atomic E-state index is 0.0542. The Morgan fingerprint density at radius 2 is 2.07 bits per heavy atom. The summed E-state index contributed by atoms with van der Waals surface area (Å²) >= 11 is 0. The van der Waals surface area contributed by atoms with Gasteiger partial charge < -0.3 is 14.2 Å². The molecule has 9 nitrogen and oxygen atoms in total. The van der Waals surface area contributed by atoms with E-state index in [2.05, 4.69) is 15.3 Å². The van der Waals surface area contributed by atoms with Gasteiger partial charge in [-0.25, -0.2) is 0 Å². The summed E-state index contributed by atoms with van der Waals surface area (Å²) in [6.07, 6.45) is 1.84. The highest BCUT2D eigenvalue weighted by Crippen LogP contribution is 2.35. The van der Waals surface area contributed by atoms with E-state index in [1.54, 1.807) is 29.8 Å². The lowest BCUT2D eigenvalue weighted by molar-refractivity contribution is -0.133. The molecule has 0 N–H and O–H groups in total. The molecule has 150 valence electrons. The largest absolute Gasteiger partial charge is 0.480 e. The zero-order chi connectivity index (χ0) is 20.0. The van der Waals surface area contributed by atoms with Crippen molar-refractivity contribution in [2.24, 2.45) is 5.92 Å². The van der Waals surface area contributed by atoms with Crippen LogP contribution >= 0.6 is 0 Å². The van der Waals surface area contributed by atoms with Crippen LogP contribution < -0.4 is 10.3 Å². The smallest absolute Gasteiger partial charge is 0.250 e. The van der Waals surface area contributed by atoms with E-state index in [4.69, 9.17) is 4.74 Å². The molecule has 2 aliphatic rings. The molecule has 1 saturated heterocycles. The Balaban J connectivity index is 1.30. The number of nitrogens with zero attached hydrogens (tertiary/aromatic N) is 6. The fraction of sp³-hybridized carbons (Fsp3) is 0.450. The van der Waals surface area contributed by atoms with E-state index >= 15 is 0 Å². The normalized spacial score (nSPS) is 20.5. The summed E-state index contributed by atoms with van der Waals surface area (Å²) < 4.78 is 8.66. The maximum absolute atomic E-state index is 12.9. The molecule has 5 rings (SSSR count). The van der Waals surface area contributed by atoms with Gasteiger partial charge in [0, 0.05) is 56.2 Å². The van der Waals surface area contributed by atoms with Gasteiger partial charge in [-0.15, -0.1) is 15.3 Å². The average molecular weight is 394 g/mol. The number of pyridine rings is 1. The molecule has 2 aliphatic heterocycles. The lowest BCUT2D eigenvalue weighted by Crippen LogP contribution is -2.49. The zero-order valence-corrected chi connectivity index (χ0v) is 16.2. The molecule has 3 aromatic heterocycles. The first kappa shape index (κ1) is 17.8. The van der Waals surface area contributed by atoms with Gasteiger partial charge in [-0.2, -0.15) is 4.52 Å². The van der Waals surface area contributed by atoms with Crippen molar-refractivity contribution in [1.82, 2.24) is 29.3 Å². The van der Waals surface area contributed by atoms with Crippen molar-refractivity contribution in [3.05, 3.63) is 52.2 Å². The Bertz CT molecular complexity index is 1140. The second kappa shape index (κ2) is 6.98. The first-order chi connectivity index (χ1) is 14.1. The van der Waals surface area contributed by atoms with Gasteiger partial charge in [0.1, 0.15) is 0 Å². The second-order valence-electron chi connectivity index (χ2n) is 7.76. The predicted octanol–water partition coefficient (Wildman–Crippen LogP) is 0.873. The lowest BCUT2D eigenvalue weighted by atomic mass is 9.83. The number of carbonyl (C=O) groups is 1. The van der Waals surface area contributed by atoms with Gasteiger partial charge in [-0.05, 0) is 24.5 Å². The van der Waals surface area contributed by atoms with E-state index in [0.717, 1.165) is 12.1 Å². The van der Waals surface area contributed by atoms with Crippen LogP contribution in [0.3, 0.4) is 0 Å². The van der Waals surface area contributed by atoms with E-state index in [1.165, 1.54) is 0 Å². The fourth-order valence-corrected chi connectivity index (χ4v) is 4.56. The Kier molecular flexibility index (Phi) is 4.30. The molecule has 2 bridgehead atoms. The van der Waals surface area contributed by atoms with Crippen molar-refractivity contribution in [3.8, 4) is 5.88 Å². The van der Waals surface area contributed by atoms with E-state index in [9.17, 15) is 9.59 Å². The summed E-state index contributed by atoms with van der Waals surface area (Å²) in [5.41, 5.74) is 1.73. The van der Waals surface area contributed by atoms with E-state index < -0.39 is 0 Å². The molecular weight excluding hydrogens is 372 g/mol. The molecule has 2 atom stereocenters. The highest BCUT2D eigenvalue weighted by atomic mass is 16.5. The Labute approximate surface area is 166 Å². The van der Waals surface area contributed by atoms with Gasteiger partial charge >= 0.3 is 0 Å². The summed E-state index contributed by atoms with van der Waals surface area (Å²) in [5, 5.41) is 12.6. The minimum absolute atomic E-state index is 0.0542. The monoisotopic (exact) mass is 394 g/mol. The number of hydrogen-bond acceptors (Lipinski definition) is 6. The quantitative estimate of drug-likeness (QED) is 0.652. The van der Waals surface area contributed by atoms with Gasteiger partial charge in [0.05, 0.1) is 7.11 Å². The minimum Gasteiger partial charge on any atom is -0.480 e. The molecule has 3 aromatic rings. The van der Waals surface area contributed by atoms with Crippen LogP contribution in [0.5, 0.6) is 5.88 Å². The summed E-state index contributed by atoms with van der Waals surface area (Å²) in [6, 6.07) is 8.95. The van der Waals surface area contributed by atoms with Crippen molar-refractivity contribution in [2.75, 3.05) is 20.2 Å². The maximum atomic E-state index is 12.9. The molecule has 0 aliphatic carbocycles. The van der Waals surface area contributed by atoms with Crippen molar-refractivity contribution in [2.45, 2.75) is 31.7 Å². The Hall–Kier alpha value is -3.23. The first-order valence-electron chi connectivity index (χ1n) is 9.85. The lowest BCUT2D eigenvalue weighted by Gasteiger charge is -2.42. The highest BCUT2D eigenvalue weighted by Gasteiger charge is 2.36. The van der Waals surface area contributed by atoms with Crippen molar-refractivity contribution in [1.29, 1.82) is 0 Å². The average Bonchev–Trinajstić information content (AvgIpc) is 3.14. The predicted molar refractivity (Wildman–Crippen MR) is 104 cm³/mol. The zero-order valence-electron chi connectivity index (χ0n) is 16.2. The number of amides is 1. The molecule has 0 radical (unpaired) electrons. The Morgan fingerprint density at radius 3 is 2.93 bits per heavy atom. The molecule has 0 spiro atoms. The number of ether oxygens (including phenoxy) is 1. The molecule has 2 unspecified atom stereocenters. The number of rotatable bonds is 4. The van der Waals surface area contributed by atoms with E-state index in [0.29, 0.717) is 55.7 Å². The van der Waals surface area contributed by atoms with Crippen LogP contribution in [0.25, 0.3) is 5.65 Å². The number of carbonyl (C=O) groups excluding carboxylic acids is 1. The van der Waals surface area contributed by atoms with Gasteiger partial charge in [0.15, 0.2) is 11.5 Å². The van der Waals surface area contributed by atoms with Gasteiger partial charge in [-0.1, -0.05) is 6.07 Å². The van der Waals surface area contributed by atoms with Crippen LogP contribution in [0.1, 0.15) is 30.3 Å². The fourth-order valence-electron chi connectivity index (χ4n) is 4.56. The van der Waals surface area contributed by atoms with Crippen LogP contribution in [-0.4, -0.2) is 55.4 Å². The number of aromatic nitrogens is 5. The number of aryl methyl sites for hydroxylation is 1. The van der Waals surface area contributed by atoms with Crippen LogP contribution in [0.15, 0.2) is 35.1 Å². The molecule has 9 heteroatoms. The standard InChI is InChI=1S/C20H22N6O3/c1-29-18-7-5-16-21-22-17(26(16)23-18)6-8-19(27)24-10-13-9-14(12-24)15-3-2-4-20(28)25(15)11-13/h2-5,7,13-14H,6,8-12H2,1H3. The third-order valence-electron chi connectivity index (χ3n) is 5.91. The van der Waals surface area contributed by atoms with Crippen molar-refractivity contribution < 1.29 is 9.53 Å². The number of hydrogen-bond donors (Lipinski definition) is 0. The highest BCUT2D eigenvalue weighted by molar-refractivity contribution is 5.76. The number of piperidine rings is 1. The molecule has 0 aromatic carbocycles. The van der Waals surface area contributed by atoms with Gasteiger partial charge in [0.2, 0.25) is 11.8 Å².